The molecular weight excluding hydrogens is 310 g/mol. The van der Waals surface area contributed by atoms with E-state index < -0.39 is 5.60 Å². The first-order valence-electron chi connectivity index (χ1n) is 8.36. The lowest BCUT2D eigenvalue weighted by Gasteiger charge is -2.39. The van der Waals surface area contributed by atoms with Crippen LogP contribution in [0.4, 0.5) is 5.82 Å². The summed E-state index contributed by atoms with van der Waals surface area (Å²) in [6, 6.07) is 0. The van der Waals surface area contributed by atoms with Gasteiger partial charge < -0.3 is 25.0 Å². The Hall–Kier alpha value is -1.81. The topological polar surface area (TPSA) is 102 Å². The van der Waals surface area contributed by atoms with E-state index in [1.54, 1.807) is 12.7 Å². The normalized spacial score (nSPS) is 26.6. The summed E-state index contributed by atoms with van der Waals surface area (Å²) in [5.74, 6) is 0.898. The van der Waals surface area contributed by atoms with Gasteiger partial charge in [-0.3, -0.25) is 4.90 Å². The number of fused-ring (bicyclic) bond motifs is 1. The predicted molar refractivity (Wildman–Crippen MR) is 89.0 cm³/mol. The molecule has 1 atom stereocenters. The summed E-state index contributed by atoms with van der Waals surface area (Å²) in [6.45, 7) is 6.51. The molecule has 9 heteroatoms. The summed E-state index contributed by atoms with van der Waals surface area (Å²) in [7, 11) is 0. The van der Waals surface area contributed by atoms with E-state index in [2.05, 4.69) is 35.1 Å². The number of aliphatic hydroxyl groups is 1. The van der Waals surface area contributed by atoms with Gasteiger partial charge in [0.2, 0.25) is 0 Å². The molecule has 0 bridgehead atoms. The van der Waals surface area contributed by atoms with Crippen molar-refractivity contribution >= 4 is 17.0 Å². The van der Waals surface area contributed by atoms with Crippen LogP contribution < -0.4 is 10.2 Å². The second-order valence-electron chi connectivity index (χ2n) is 6.52. The number of imidazole rings is 1. The van der Waals surface area contributed by atoms with Crippen LogP contribution in [-0.2, 0) is 4.74 Å². The van der Waals surface area contributed by atoms with Crippen LogP contribution in [0.15, 0.2) is 12.7 Å². The number of piperazine rings is 1. The second kappa shape index (κ2) is 6.60. The minimum absolute atomic E-state index is 0.390. The third-order valence-electron chi connectivity index (χ3n) is 4.64. The Morgan fingerprint density at radius 3 is 2.96 bits per heavy atom. The van der Waals surface area contributed by atoms with Crippen molar-refractivity contribution in [2.24, 2.45) is 0 Å². The molecule has 4 rings (SSSR count). The van der Waals surface area contributed by atoms with E-state index in [0.717, 1.165) is 44.1 Å². The quantitative estimate of drug-likeness (QED) is 0.645. The van der Waals surface area contributed by atoms with Crippen molar-refractivity contribution in [2.45, 2.75) is 5.60 Å². The van der Waals surface area contributed by atoms with E-state index in [4.69, 9.17) is 4.74 Å². The molecule has 2 saturated heterocycles. The molecule has 2 aromatic heterocycles. The number of H-pyrrole nitrogens is 1. The maximum absolute atomic E-state index is 10.7. The third kappa shape index (κ3) is 3.20. The van der Waals surface area contributed by atoms with Crippen LogP contribution in [-0.4, -0.2) is 94.6 Å². The fourth-order valence-corrected chi connectivity index (χ4v) is 3.41. The number of nitrogens with one attached hydrogen (secondary N) is 2. The summed E-state index contributed by atoms with van der Waals surface area (Å²) in [5.41, 5.74) is 0.758. The zero-order valence-electron chi connectivity index (χ0n) is 13.6. The Kier molecular flexibility index (Phi) is 4.31. The highest BCUT2D eigenvalue weighted by molar-refractivity contribution is 5.82. The van der Waals surface area contributed by atoms with Crippen molar-refractivity contribution in [3.63, 3.8) is 0 Å². The first-order chi connectivity index (χ1) is 11.7. The Morgan fingerprint density at radius 1 is 1.21 bits per heavy atom. The molecule has 3 N–H and O–H groups in total. The molecular formula is C15H23N7O2. The Bertz CT molecular complexity index is 675. The van der Waals surface area contributed by atoms with E-state index in [1.807, 2.05) is 0 Å². The lowest BCUT2D eigenvalue weighted by Crippen LogP contribution is -2.56. The van der Waals surface area contributed by atoms with Gasteiger partial charge in [-0.1, -0.05) is 0 Å². The SMILES string of the molecule is OC1(CN2CCN(c3ncnc4nc[nH]c34)CC2)CNCCOC1. The van der Waals surface area contributed by atoms with Crippen LogP contribution in [0.2, 0.25) is 0 Å². The van der Waals surface area contributed by atoms with E-state index in [0.29, 0.717) is 32.0 Å². The number of ether oxygens (including phenoxy) is 1. The second-order valence-corrected chi connectivity index (χ2v) is 6.52. The van der Waals surface area contributed by atoms with Crippen LogP contribution in [0.5, 0.6) is 0 Å². The Morgan fingerprint density at radius 2 is 2.08 bits per heavy atom. The van der Waals surface area contributed by atoms with Gasteiger partial charge in [-0.05, 0) is 0 Å². The lowest BCUT2D eigenvalue weighted by molar-refractivity contribution is -0.0495. The van der Waals surface area contributed by atoms with Crippen LogP contribution in [0.1, 0.15) is 0 Å². The third-order valence-corrected chi connectivity index (χ3v) is 4.64. The Balaban J connectivity index is 1.39. The van der Waals surface area contributed by atoms with Crippen molar-refractivity contribution in [2.75, 3.05) is 63.9 Å². The van der Waals surface area contributed by atoms with E-state index >= 15 is 0 Å². The van der Waals surface area contributed by atoms with Crippen molar-refractivity contribution in [3.05, 3.63) is 12.7 Å². The molecule has 9 nitrogen and oxygen atoms in total. The van der Waals surface area contributed by atoms with Gasteiger partial charge in [0.25, 0.3) is 0 Å². The summed E-state index contributed by atoms with van der Waals surface area (Å²) in [5, 5.41) is 14.0. The smallest absolute Gasteiger partial charge is 0.182 e. The van der Waals surface area contributed by atoms with E-state index in [1.165, 1.54) is 0 Å². The first-order valence-corrected chi connectivity index (χ1v) is 8.36. The highest BCUT2D eigenvalue weighted by atomic mass is 16.5. The number of β-amino-alcohol motifs (C(OH)–C–C–N with tert-alkyl or cyclic N) is 1. The van der Waals surface area contributed by atoms with Gasteiger partial charge in [0.05, 0.1) is 19.5 Å². The molecule has 2 fully saturated rings. The summed E-state index contributed by atoms with van der Waals surface area (Å²) in [6.07, 6.45) is 3.20. The summed E-state index contributed by atoms with van der Waals surface area (Å²) < 4.78 is 5.50. The van der Waals surface area contributed by atoms with Gasteiger partial charge >= 0.3 is 0 Å². The molecule has 2 aliphatic heterocycles. The van der Waals surface area contributed by atoms with Crippen LogP contribution in [0.3, 0.4) is 0 Å². The molecule has 1 unspecified atom stereocenters. The molecule has 0 spiro atoms. The molecule has 2 aromatic rings. The number of aromatic nitrogens is 4. The van der Waals surface area contributed by atoms with E-state index in [9.17, 15) is 5.11 Å². The monoisotopic (exact) mass is 333 g/mol. The zero-order valence-corrected chi connectivity index (χ0v) is 13.6. The average Bonchev–Trinajstić information content (AvgIpc) is 2.98. The first kappa shape index (κ1) is 15.7. The minimum atomic E-state index is -0.815. The zero-order chi connectivity index (χ0) is 16.4. The molecule has 0 aliphatic carbocycles. The van der Waals surface area contributed by atoms with Crippen LogP contribution in [0, 0.1) is 0 Å². The van der Waals surface area contributed by atoms with Crippen LogP contribution in [0.25, 0.3) is 11.2 Å². The lowest BCUT2D eigenvalue weighted by atomic mass is 10.0. The number of nitrogens with zero attached hydrogens (tertiary/aromatic N) is 5. The molecule has 130 valence electrons. The van der Waals surface area contributed by atoms with Gasteiger partial charge in [0.15, 0.2) is 11.5 Å². The maximum atomic E-state index is 10.7. The number of hydrogen-bond donors (Lipinski definition) is 3. The fourth-order valence-electron chi connectivity index (χ4n) is 3.41. The molecule has 0 saturated carbocycles. The molecule has 0 amide bonds. The number of aromatic amines is 1. The highest BCUT2D eigenvalue weighted by Gasteiger charge is 2.32. The number of anilines is 1. The highest BCUT2D eigenvalue weighted by Crippen LogP contribution is 2.21. The number of rotatable bonds is 3. The largest absolute Gasteiger partial charge is 0.385 e. The predicted octanol–water partition coefficient (Wildman–Crippen LogP) is -1.17. The Labute approximate surface area is 140 Å². The number of hydrogen-bond acceptors (Lipinski definition) is 8. The van der Waals surface area contributed by atoms with Crippen molar-refractivity contribution < 1.29 is 9.84 Å². The van der Waals surface area contributed by atoms with Crippen molar-refractivity contribution in [1.29, 1.82) is 0 Å². The van der Waals surface area contributed by atoms with Crippen LogP contribution >= 0.6 is 0 Å². The summed E-state index contributed by atoms with van der Waals surface area (Å²) in [4.78, 5) is 20.4. The standard InChI is InChI=1S/C15H23N7O2/c23-15(7-16-1-6-24-9-15)8-21-2-4-22(5-3-21)14-12-13(18-10-17-12)19-11-20-14/h10-11,16,23H,1-9H2,(H,17,18,19,20). The van der Waals surface area contributed by atoms with Crippen molar-refractivity contribution in [3.8, 4) is 0 Å². The molecule has 0 aromatic carbocycles. The van der Waals surface area contributed by atoms with Gasteiger partial charge in [0.1, 0.15) is 17.4 Å². The van der Waals surface area contributed by atoms with Crippen molar-refractivity contribution in [1.82, 2.24) is 30.2 Å². The van der Waals surface area contributed by atoms with E-state index in [-0.39, 0.29) is 0 Å². The van der Waals surface area contributed by atoms with Gasteiger partial charge in [-0.2, -0.15) is 0 Å². The average molecular weight is 333 g/mol. The van der Waals surface area contributed by atoms with Gasteiger partial charge in [0, 0.05) is 45.8 Å². The van der Waals surface area contributed by atoms with Gasteiger partial charge in [-0.15, -0.1) is 0 Å². The summed E-state index contributed by atoms with van der Waals surface area (Å²) >= 11 is 0. The molecule has 0 radical (unpaired) electrons. The fraction of sp³-hybridized carbons (Fsp3) is 0.667. The van der Waals surface area contributed by atoms with Gasteiger partial charge in [-0.25, -0.2) is 15.0 Å². The molecule has 24 heavy (non-hydrogen) atoms. The molecule has 4 heterocycles. The minimum Gasteiger partial charge on any atom is -0.385 e. The maximum Gasteiger partial charge on any atom is 0.182 e. The molecule has 2 aliphatic rings.